The molecule has 8 heteroatoms. The van der Waals surface area contributed by atoms with Gasteiger partial charge in [-0.3, -0.25) is 14.7 Å². The van der Waals surface area contributed by atoms with Crippen LogP contribution in [0.3, 0.4) is 0 Å². The minimum atomic E-state index is 0. The number of carbonyl (C=O) groups excluding carboxylic acids is 1. The van der Waals surface area contributed by atoms with Gasteiger partial charge >= 0.3 is 0 Å². The summed E-state index contributed by atoms with van der Waals surface area (Å²) in [5.74, 6) is 1.31. The number of ether oxygens (including phenoxy) is 1. The Morgan fingerprint density at radius 2 is 1.78 bits per heavy atom. The number of hydrogen-bond donors (Lipinski definition) is 1. The standard InChI is InChI=1S/C19H35N5O2.HI/c1-16-15-24(13-14-26-16)19(20)21-7-8-22-9-11-23(12-10-22)18(25)17-5-3-2-4-6-17;/h16-17H,2-15H2,1H3,(H2,20,21);1H. The number of hydrogen-bond acceptors (Lipinski definition) is 4. The molecule has 2 heterocycles. The van der Waals surface area contributed by atoms with Gasteiger partial charge in [-0.1, -0.05) is 19.3 Å². The van der Waals surface area contributed by atoms with Gasteiger partial charge < -0.3 is 20.3 Å². The predicted octanol–water partition coefficient (Wildman–Crippen LogP) is 1.36. The van der Waals surface area contributed by atoms with Crippen LogP contribution < -0.4 is 5.73 Å². The molecule has 7 nitrogen and oxygen atoms in total. The average molecular weight is 493 g/mol. The Balaban J connectivity index is 0.00000261. The molecule has 0 radical (unpaired) electrons. The van der Waals surface area contributed by atoms with E-state index in [0.717, 1.165) is 58.7 Å². The van der Waals surface area contributed by atoms with Crippen molar-refractivity contribution in [3.05, 3.63) is 0 Å². The lowest BCUT2D eigenvalue weighted by Gasteiger charge is -2.37. The first-order valence-electron chi connectivity index (χ1n) is 10.3. The number of guanidine groups is 1. The monoisotopic (exact) mass is 493 g/mol. The number of morpholine rings is 1. The van der Waals surface area contributed by atoms with Crippen molar-refractivity contribution in [2.75, 3.05) is 59.0 Å². The molecule has 2 saturated heterocycles. The molecule has 2 aliphatic heterocycles. The normalized spacial score (nSPS) is 26.0. The zero-order valence-corrected chi connectivity index (χ0v) is 19.0. The zero-order valence-electron chi connectivity index (χ0n) is 16.6. The summed E-state index contributed by atoms with van der Waals surface area (Å²) >= 11 is 0. The molecule has 3 aliphatic rings. The van der Waals surface area contributed by atoms with Gasteiger partial charge in [-0.15, -0.1) is 24.0 Å². The van der Waals surface area contributed by atoms with Crippen LogP contribution in [0.1, 0.15) is 39.0 Å². The Labute approximate surface area is 180 Å². The van der Waals surface area contributed by atoms with Crippen LogP contribution >= 0.6 is 24.0 Å². The van der Waals surface area contributed by atoms with E-state index in [-0.39, 0.29) is 36.0 Å². The number of amides is 1. The van der Waals surface area contributed by atoms with Gasteiger partial charge in [0.15, 0.2) is 5.96 Å². The summed E-state index contributed by atoms with van der Waals surface area (Å²) < 4.78 is 5.54. The second-order valence-electron chi connectivity index (χ2n) is 7.87. The van der Waals surface area contributed by atoms with Gasteiger partial charge in [-0.2, -0.15) is 0 Å². The summed E-state index contributed by atoms with van der Waals surface area (Å²) in [6.07, 6.45) is 6.13. The minimum Gasteiger partial charge on any atom is -0.375 e. The number of nitrogens with two attached hydrogens (primary N) is 1. The number of nitrogens with zero attached hydrogens (tertiary/aromatic N) is 4. The summed E-state index contributed by atoms with van der Waals surface area (Å²) in [5.41, 5.74) is 6.12. The fourth-order valence-corrected chi connectivity index (χ4v) is 4.23. The van der Waals surface area contributed by atoms with Crippen molar-refractivity contribution < 1.29 is 9.53 Å². The Morgan fingerprint density at radius 1 is 1.07 bits per heavy atom. The van der Waals surface area contributed by atoms with Crippen molar-refractivity contribution in [3.8, 4) is 0 Å². The summed E-state index contributed by atoms with van der Waals surface area (Å²) in [4.78, 5) is 23.7. The van der Waals surface area contributed by atoms with Crippen LogP contribution in [0.15, 0.2) is 4.99 Å². The van der Waals surface area contributed by atoms with E-state index in [2.05, 4.69) is 26.6 Å². The van der Waals surface area contributed by atoms with Gasteiger partial charge in [0.25, 0.3) is 0 Å². The maximum Gasteiger partial charge on any atom is 0.225 e. The number of rotatable bonds is 4. The first-order chi connectivity index (χ1) is 12.6. The highest BCUT2D eigenvalue weighted by atomic mass is 127. The highest BCUT2D eigenvalue weighted by molar-refractivity contribution is 14.0. The SMILES string of the molecule is CC1CN(C(N)=NCCN2CCN(C(=O)C3CCCCC3)CC2)CCO1.I. The first-order valence-corrected chi connectivity index (χ1v) is 10.3. The highest BCUT2D eigenvalue weighted by Gasteiger charge is 2.28. The Morgan fingerprint density at radius 3 is 2.44 bits per heavy atom. The fourth-order valence-electron chi connectivity index (χ4n) is 4.23. The molecule has 1 aliphatic carbocycles. The number of halogens is 1. The molecule has 1 unspecified atom stereocenters. The van der Waals surface area contributed by atoms with E-state index in [1.54, 1.807) is 0 Å². The summed E-state index contributed by atoms with van der Waals surface area (Å²) in [7, 11) is 0. The summed E-state index contributed by atoms with van der Waals surface area (Å²) in [6.45, 7) is 9.65. The third-order valence-electron chi connectivity index (χ3n) is 5.89. The molecule has 0 bridgehead atoms. The van der Waals surface area contributed by atoms with Gasteiger partial charge in [-0.25, -0.2) is 0 Å². The number of carbonyl (C=O) groups is 1. The predicted molar refractivity (Wildman–Crippen MR) is 118 cm³/mol. The molecule has 0 aromatic heterocycles. The van der Waals surface area contributed by atoms with Crippen molar-refractivity contribution in [2.45, 2.75) is 45.1 Å². The summed E-state index contributed by atoms with van der Waals surface area (Å²) in [5, 5.41) is 0. The average Bonchev–Trinajstić information content (AvgIpc) is 2.68. The molecule has 0 spiro atoms. The third-order valence-corrected chi connectivity index (χ3v) is 5.89. The number of piperazine rings is 1. The highest BCUT2D eigenvalue weighted by Crippen LogP contribution is 2.25. The number of aliphatic imine (C=N–C) groups is 1. The van der Waals surface area contributed by atoms with Crippen LogP contribution in [0, 0.1) is 5.92 Å². The first kappa shape index (κ1) is 22.7. The minimum absolute atomic E-state index is 0. The molecular formula is C19H36IN5O2. The molecule has 1 amide bonds. The molecule has 2 N–H and O–H groups in total. The van der Waals surface area contributed by atoms with E-state index in [1.807, 2.05) is 0 Å². The Bertz CT molecular complexity index is 490. The smallest absolute Gasteiger partial charge is 0.225 e. The van der Waals surface area contributed by atoms with Crippen molar-refractivity contribution in [1.29, 1.82) is 0 Å². The zero-order chi connectivity index (χ0) is 18.4. The quantitative estimate of drug-likeness (QED) is 0.364. The Hall–Kier alpha value is -0.610. The second-order valence-corrected chi connectivity index (χ2v) is 7.87. The largest absolute Gasteiger partial charge is 0.375 e. The Kier molecular flexibility index (Phi) is 9.58. The van der Waals surface area contributed by atoms with Gasteiger partial charge in [-0.05, 0) is 19.8 Å². The van der Waals surface area contributed by atoms with Gasteiger partial charge in [0.2, 0.25) is 5.91 Å². The molecular weight excluding hydrogens is 457 g/mol. The maximum absolute atomic E-state index is 12.6. The molecule has 1 saturated carbocycles. The van der Waals surface area contributed by atoms with Crippen molar-refractivity contribution in [3.63, 3.8) is 0 Å². The molecule has 1 atom stereocenters. The van der Waals surface area contributed by atoms with Crippen LogP contribution in [0.4, 0.5) is 0 Å². The second kappa shape index (κ2) is 11.4. The maximum atomic E-state index is 12.6. The molecule has 27 heavy (non-hydrogen) atoms. The van der Waals surface area contributed by atoms with E-state index < -0.39 is 0 Å². The van der Waals surface area contributed by atoms with Crippen molar-refractivity contribution in [2.24, 2.45) is 16.6 Å². The van der Waals surface area contributed by atoms with E-state index in [1.165, 1.54) is 19.3 Å². The molecule has 3 rings (SSSR count). The van der Waals surface area contributed by atoms with Crippen molar-refractivity contribution in [1.82, 2.24) is 14.7 Å². The lowest BCUT2D eigenvalue weighted by Crippen LogP contribution is -2.51. The van der Waals surface area contributed by atoms with E-state index in [9.17, 15) is 4.79 Å². The molecule has 3 fully saturated rings. The molecule has 0 aromatic carbocycles. The molecule has 0 aromatic rings. The van der Waals surface area contributed by atoms with Crippen LogP contribution in [-0.2, 0) is 9.53 Å². The van der Waals surface area contributed by atoms with E-state index in [0.29, 0.717) is 25.0 Å². The van der Waals surface area contributed by atoms with Gasteiger partial charge in [0.05, 0.1) is 19.3 Å². The van der Waals surface area contributed by atoms with Crippen molar-refractivity contribution >= 4 is 35.8 Å². The van der Waals surface area contributed by atoms with Crippen LogP contribution in [0.5, 0.6) is 0 Å². The summed E-state index contributed by atoms with van der Waals surface area (Å²) in [6, 6.07) is 0. The van der Waals surface area contributed by atoms with Crippen LogP contribution in [-0.4, -0.2) is 91.6 Å². The fraction of sp³-hybridized carbons (Fsp3) is 0.895. The third kappa shape index (κ3) is 6.74. The lowest BCUT2D eigenvalue weighted by atomic mass is 9.88. The molecule has 156 valence electrons. The van der Waals surface area contributed by atoms with Crippen LogP contribution in [0.25, 0.3) is 0 Å². The van der Waals surface area contributed by atoms with E-state index >= 15 is 0 Å². The lowest BCUT2D eigenvalue weighted by molar-refractivity contribution is -0.138. The van der Waals surface area contributed by atoms with Gasteiger partial charge in [0.1, 0.15) is 0 Å². The topological polar surface area (TPSA) is 74.4 Å². The van der Waals surface area contributed by atoms with E-state index in [4.69, 9.17) is 10.5 Å². The van der Waals surface area contributed by atoms with Crippen LogP contribution in [0.2, 0.25) is 0 Å². The van der Waals surface area contributed by atoms with Gasteiger partial charge in [0, 0.05) is 51.7 Å².